The number of hydrogen-bond donors (Lipinski definition) is 3. The predicted octanol–water partition coefficient (Wildman–Crippen LogP) is 3.43. The van der Waals surface area contributed by atoms with Gasteiger partial charge in [-0.2, -0.15) is 5.10 Å². The number of rotatable bonds is 5. The minimum absolute atomic E-state index is 0.294. The molecule has 0 unspecified atom stereocenters. The molecule has 0 bridgehead atoms. The average Bonchev–Trinajstić information content (AvgIpc) is 3.10. The van der Waals surface area contributed by atoms with E-state index in [1.54, 1.807) is 12.1 Å². The molecule has 0 saturated heterocycles. The Hall–Kier alpha value is -3.19. The van der Waals surface area contributed by atoms with E-state index >= 15 is 0 Å². The van der Waals surface area contributed by atoms with Crippen LogP contribution in [-0.4, -0.2) is 27.7 Å². The number of nitrogens with one attached hydrogen (secondary N) is 3. The number of hydrogen-bond acceptors (Lipinski definition) is 3. The van der Waals surface area contributed by atoms with E-state index in [-0.39, 0.29) is 11.8 Å². The van der Waals surface area contributed by atoms with Crippen molar-refractivity contribution >= 4 is 11.8 Å². The second kappa shape index (κ2) is 8.22. The lowest BCUT2D eigenvalue weighted by Crippen LogP contribution is -2.31. The maximum Gasteiger partial charge on any atom is 0.320 e. The van der Waals surface area contributed by atoms with Crippen LogP contribution in [0, 0.1) is 5.82 Å². The Kier molecular flexibility index (Phi) is 5.34. The Labute approximate surface area is 162 Å². The molecule has 144 valence electrons. The predicted molar refractivity (Wildman–Crippen MR) is 105 cm³/mol. The number of carbonyl (C=O) groups excluding carboxylic acids is 1. The van der Waals surface area contributed by atoms with Crippen molar-refractivity contribution in [3.05, 3.63) is 82.8 Å². The number of aromatic nitrogens is 2. The third-order valence-electron chi connectivity index (χ3n) is 4.86. The van der Waals surface area contributed by atoms with Gasteiger partial charge in [0.05, 0.1) is 5.69 Å². The monoisotopic (exact) mass is 379 g/mol. The Morgan fingerprint density at radius 2 is 1.89 bits per heavy atom. The first-order chi connectivity index (χ1) is 13.7. The number of urea groups is 1. The van der Waals surface area contributed by atoms with Crippen LogP contribution in [0.25, 0.3) is 0 Å². The van der Waals surface area contributed by atoms with E-state index in [0.29, 0.717) is 12.4 Å². The SMILES string of the molecule is O=C(NCc1ccc(F)cc1)Nc1n[nH]c2c1CCN(Cc1ccccc1)C2. The number of nitrogens with zero attached hydrogens (tertiary/aromatic N) is 2. The molecule has 0 fully saturated rings. The summed E-state index contributed by atoms with van der Waals surface area (Å²) in [6.45, 7) is 2.90. The van der Waals surface area contributed by atoms with Gasteiger partial charge in [-0.25, -0.2) is 9.18 Å². The fraction of sp³-hybridized carbons (Fsp3) is 0.238. The van der Waals surface area contributed by atoms with E-state index in [4.69, 9.17) is 0 Å². The lowest BCUT2D eigenvalue weighted by Gasteiger charge is -2.26. The highest BCUT2D eigenvalue weighted by Gasteiger charge is 2.22. The van der Waals surface area contributed by atoms with Crippen LogP contribution in [0.4, 0.5) is 15.0 Å². The number of fused-ring (bicyclic) bond motifs is 1. The van der Waals surface area contributed by atoms with E-state index in [1.165, 1.54) is 17.7 Å². The summed E-state index contributed by atoms with van der Waals surface area (Å²) in [6.07, 6.45) is 0.826. The molecule has 1 aliphatic rings. The van der Waals surface area contributed by atoms with Gasteiger partial charge in [-0.3, -0.25) is 15.3 Å². The van der Waals surface area contributed by atoms with Gasteiger partial charge in [0.25, 0.3) is 0 Å². The molecule has 0 saturated carbocycles. The van der Waals surface area contributed by atoms with Gasteiger partial charge in [0.15, 0.2) is 5.82 Å². The van der Waals surface area contributed by atoms with Gasteiger partial charge < -0.3 is 5.32 Å². The van der Waals surface area contributed by atoms with Crippen LogP contribution in [0.5, 0.6) is 0 Å². The molecule has 28 heavy (non-hydrogen) atoms. The van der Waals surface area contributed by atoms with E-state index in [9.17, 15) is 9.18 Å². The number of amides is 2. The topological polar surface area (TPSA) is 73.0 Å². The lowest BCUT2D eigenvalue weighted by atomic mass is 10.1. The van der Waals surface area contributed by atoms with Crippen molar-refractivity contribution in [3.63, 3.8) is 0 Å². The third-order valence-corrected chi connectivity index (χ3v) is 4.86. The van der Waals surface area contributed by atoms with E-state index in [2.05, 4.69) is 37.9 Å². The molecule has 0 aliphatic carbocycles. The Morgan fingerprint density at radius 1 is 1.11 bits per heavy atom. The number of benzene rings is 2. The van der Waals surface area contributed by atoms with Crippen LogP contribution in [0.3, 0.4) is 0 Å². The molecule has 2 heterocycles. The van der Waals surface area contributed by atoms with Crippen LogP contribution in [0.2, 0.25) is 0 Å². The van der Waals surface area contributed by atoms with Gasteiger partial charge >= 0.3 is 6.03 Å². The summed E-state index contributed by atoms with van der Waals surface area (Å²) >= 11 is 0. The van der Waals surface area contributed by atoms with Crippen LogP contribution in [0.15, 0.2) is 54.6 Å². The largest absolute Gasteiger partial charge is 0.334 e. The quantitative estimate of drug-likeness (QED) is 0.636. The first-order valence-corrected chi connectivity index (χ1v) is 9.29. The van der Waals surface area contributed by atoms with E-state index < -0.39 is 0 Å². The highest BCUT2D eigenvalue weighted by Crippen LogP contribution is 2.24. The maximum atomic E-state index is 12.9. The molecule has 0 atom stereocenters. The standard InChI is InChI=1S/C21H22FN5O/c22-17-8-6-15(7-9-17)12-23-21(28)24-20-18-10-11-27(14-19(18)25-26-20)13-16-4-2-1-3-5-16/h1-9H,10-14H2,(H3,23,24,25,26,28). The van der Waals surface area contributed by atoms with Crippen molar-refractivity contribution < 1.29 is 9.18 Å². The summed E-state index contributed by atoms with van der Waals surface area (Å²) in [6, 6.07) is 16.1. The smallest absolute Gasteiger partial charge is 0.320 e. The van der Waals surface area contributed by atoms with Crippen LogP contribution in [-0.2, 0) is 26.1 Å². The van der Waals surface area contributed by atoms with Gasteiger partial charge in [0.2, 0.25) is 0 Å². The number of aromatic amines is 1. The fourth-order valence-corrected chi connectivity index (χ4v) is 3.39. The number of anilines is 1. The molecular weight excluding hydrogens is 357 g/mol. The Morgan fingerprint density at radius 3 is 2.68 bits per heavy atom. The molecule has 1 aliphatic heterocycles. The zero-order valence-electron chi connectivity index (χ0n) is 15.4. The Balaban J connectivity index is 1.32. The summed E-state index contributed by atoms with van der Waals surface area (Å²) in [5, 5.41) is 12.9. The van der Waals surface area contributed by atoms with E-state index in [1.807, 2.05) is 18.2 Å². The first kappa shape index (κ1) is 18.2. The molecule has 1 aromatic heterocycles. The van der Waals surface area contributed by atoms with Crippen molar-refractivity contribution in [1.29, 1.82) is 0 Å². The fourth-order valence-electron chi connectivity index (χ4n) is 3.39. The molecule has 0 spiro atoms. The van der Waals surface area contributed by atoms with Gasteiger partial charge in [-0.05, 0) is 29.7 Å². The van der Waals surface area contributed by atoms with Crippen molar-refractivity contribution in [2.45, 2.75) is 26.1 Å². The van der Waals surface area contributed by atoms with E-state index in [0.717, 1.165) is 42.9 Å². The summed E-state index contributed by atoms with van der Waals surface area (Å²) in [5.74, 6) is 0.281. The molecule has 2 aromatic carbocycles. The molecule has 0 radical (unpaired) electrons. The van der Waals surface area contributed by atoms with Crippen LogP contribution < -0.4 is 10.6 Å². The Bertz CT molecular complexity index is 939. The average molecular weight is 379 g/mol. The number of halogens is 1. The highest BCUT2D eigenvalue weighted by atomic mass is 19.1. The van der Waals surface area contributed by atoms with Crippen molar-refractivity contribution in [3.8, 4) is 0 Å². The molecule has 6 nitrogen and oxygen atoms in total. The minimum atomic E-state index is -0.328. The zero-order valence-corrected chi connectivity index (χ0v) is 15.4. The molecule has 7 heteroatoms. The van der Waals surface area contributed by atoms with Crippen LogP contribution in [0.1, 0.15) is 22.4 Å². The molecule has 4 rings (SSSR count). The molecule has 2 amide bonds. The second-order valence-corrected chi connectivity index (χ2v) is 6.91. The van der Waals surface area contributed by atoms with Gasteiger partial charge in [0, 0.05) is 31.7 Å². The van der Waals surface area contributed by atoms with Gasteiger partial charge in [-0.1, -0.05) is 42.5 Å². The summed E-state index contributed by atoms with van der Waals surface area (Å²) in [4.78, 5) is 14.5. The summed E-state index contributed by atoms with van der Waals surface area (Å²) < 4.78 is 12.9. The van der Waals surface area contributed by atoms with Crippen molar-refractivity contribution in [1.82, 2.24) is 20.4 Å². The number of carbonyl (C=O) groups is 1. The maximum absolute atomic E-state index is 12.9. The second-order valence-electron chi connectivity index (χ2n) is 6.91. The third kappa shape index (κ3) is 4.37. The molecule has 3 N–H and O–H groups in total. The molecule has 3 aromatic rings. The highest BCUT2D eigenvalue weighted by molar-refractivity contribution is 5.89. The van der Waals surface area contributed by atoms with Gasteiger partial charge in [0.1, 0.15) is 5.82 Å². The number of H-pyrrole nitrogens is 1. The van der Waals surface area contributed by atoms with Crippen molar-refractivity contribution in [2.75, 3.05) is 11.9 Å². The minimum Gasteiger partial charge on any atom is -0.334 e. The summed E-state index contributed by atoms with van der Waals surface area (Å²) in [7, 11) is 0. The molecular formula is C21H22FN5O. The van der Waals surface area contributed by atoms with Gasteiger partial charge in [-0.15, -0.1) is 0 Å². The van der Waals surface area contributed by atoms with Crippen LogP contribution >= 0.6 is 0 Å². The first-order valence-electron chi connectivity index (χ1n) is 9.29. The zero-order chi connectivity index (χ0) is 19.3. The van der Waals surface area contributed by atoms with Crippen molar-refractivity contribution in [2.24, 2.45) is 0 Å². The summed E-state index contributed by atoms with van der Waals surface area (Å²) in [5.41, 5.74) is 4.21. The normalized spacial score (nSPS) is 13.8. The lowest BCUT2D eigenvalue weighted by molar-refractivity contribution is 0.242.